The molecule has 0 saturated heterocycles. The van der Waals surface area contributed by atoms with Crippen molar-refractivity contribution in [1.82, 2.24) is 15.5 Å². The van der Waals surface area contributed by atoms with E-state index in [0.717, 1.165) is 19.3 Å². The Morgan fingerprint density at radius 1 is 1.26 bits per heavy atom. The van der Waals surface area contributed by atoms with E-state index in [1.807, 2.05) is 20.8 Å². The van der Waals surface area contributed by atoms with Crippen molar-refractivity contribution >= 4 is 11.8 Å². The Hall–Kier alpha value is -1.96. The SMILES string of the molecule is CC.CCCC(=O)NC(CCCCN)c1nnc(CC(N)=O)o1. The largest absolute Gasteiger partial charge is 0.422 e. The zero-order valence-electron chi connectivity index (χ0n) is 14.3. The summed E-state index contributed by atoms with van der Waals surface area (Å²) in [6.07, 6.45) is 3.44. The Balaban J connectivity index is 0.00000232. The predicted octanol–water partition coefficient (Wildman–Crippen LogP) is 1.21. The third-order valence-corrected chi connectivity index (χ3v) is 2.87. The normalized spacial score (nSPS) is 11.3. The second-order valence-corrected chi connectivity index (χ2v) is 4.83. The summed E-state index contributed by atoms with van der Waals surface area (Å²) in [6.45, 7) is 6.52. The van der Waals surface area contributed by atoms with Crippen LogP contribution < -0.4 is 16.8 Å². The molecule has 0 spiro atoms. The Morgan fingerprint density at radius 3 is 2.52 bits per heavy atom. The minimum Gasteiger partial charge on any atom is -0.422 e. The van der Waals surface area contributed by atoms with Crippen LogP contribution in [0.1, 0.15) is 70.7 Å². The van der Waals surface area contributed by atoms with E-state index >= 15 is 0 Å². The molecular formula is C15H29N5O3. The van der Waals surface area contributed by atoms with Gasteiger partial charge >= 0.3 is 0 Å². The Bertz CT molecular complexity index is 462. The maximum Gasteiger partial charge on any atom is 0.238 e. The molecular weight excluding hydrogens is 298 g/mol. The van der Waals surface area contributed by atoms with E-state index in [-0.39, 0.29) is 24.3 Å². The highest BCUT2D eigenvalue weighted by molar-refractivity contribution is 5.76. The topological polar surface area (TPSA) is 137 Å². The molecule has 0 aliphatic carbocycles. The molecule has 1 atom stereocenters. The van der Waals surface area contributed by atoms with Gasteiger partial charge in [-0.25, -0.2) is 0 Å². The number of carbonyl (C=O) groups excluding carboxylic acids is 2. The van der Waals surface area contributed by atoms with Crippen molar-refractivity contribution in [2.45, 2.75) is 65.3 Å². The van der Waals surface area contributed by atoms with Gasteiger partial charge in [0.15, 0.2) is 0 Å². The summed E-state index contributed by atoms with van der Waals surface area (Å²) >= 11 is 0. The van der Waals surface area contributed by atoms with E-state index < -0.39 is 5.91 Å². The molecule has 8 nitrogen and oxygen atoms in total. The van der Waals surface area contributed by atoms with Crippen molar-refractivity contribution in [3.63, 3.8) is 0 Å². The molecule has 23 heavy (non-hydrogen) atoms. The molecule has 0 saturated carbocycles. The molecule has 0 aromatic carbocycles. The minimum absolute atomic E-state index is 0.0649. The Kier molecular flexibility index (Phi) is 11.5. The zero-order valence-corrected chi connectivity index (χ0v) is 14.3. The summed E-state index contributed by atoms with van der Waals surface area (Å²) in [7, 11) is 0. The van der Waals surface area contributed by atoms with Crippen LogP contribution in [0.5, 0.6) is 0 Å². The quantitative estimate of drug-likeness (QED) is 0.552. The number of rotatable bonds is 10. The summed E-state index contributed by atoms with van der Waals surface area (Å²) in [6, 6.07) is -0.357. The predicted molar refractivity (Wildman–Crippen MR) is 87.2 cm³/mol. The number of aromatic nitrogens is 2. The summed E-state index contributed by atoms with van der Waals surface area (Å²) < 4.78 is 5.40. The van der Waals surface area contributed by atoms with Crippen molar-refractivity contribution < 1.29 is 14.0 Å². The van der Waals surface area contributed by atoms with Gasteiger partial charge in [-0.2, -0.15) is 0 Å². The van der Waals surface area contributed by atoms with Gasteiger partial charge in [0.2, 0.25) is 23.6 Å². The van der Waals surface area contributed by atoms with Crippen LogP contribution in [0.2, 0.25) is 0 Å². The van der Waals surface area contributed by atoms with Gasteiger partial charge in [-0.05, 0) is 32.2 Å². The second kappa shape index (κ2) is 12.6. The van der Waals surface area contributed by atoms with E-state index in [0.29, 0.717) is 25.3 Å². The molecule has 0 aliphatic heterocycles. The molecule has 1 rings (SSSR count). The second-order valence-electron chi connectivity index (χ2n) is 4.83. The van der Waals surface area contributed by atoms with Crippen molar-refractivity contribution in [3.05, 3.63) is 11.8 Å². The molecule has 0 aliphatic rings. The average molecular weight is 327 g/mol. The molecule has 0 fully saturated rings. The van der Waals surface area contributed by atoms with Crippen LogP contribution in [0.15, 0.2) is 4.42 Å². The zero-order chi connectivity index (χ0) is 17.7. The molecule has 0 bridgehead atoms. The Labute approximate surface area is 137 Å². The lowest BCUT2D eigenvalue weighted by molar-refractivity contribution is -0.122. The number of nitrogens with one attached hydrogen (secondary N) is 1. The fourth-order valence-corrected chi connectivity index (χ4v) is 1.87. The van der Waals surface area contributed by atoms with Crippen molar-refractivity contribution in [2.75, 3.05) is 6.54 Å². The molecule has 1 aromatic heterocycles. The highest BCUT2D eigenvalue weighted by Crippen LogP contribution is 2.18. The number of primary amides is 1. The van der Waals surface area contributed by atoms with Crippen LogP contribution >= 0.6 is 0 Å². The van der Waals surface area contributed by atoms with E-state index in [4.69, 9.17) is 15.9 Å². The number of nitrogens with two attached hydrogens (primary N) is 2. The summed E-state index contributed by atoms with van der Waals surface area (Å²) in [4.78, 5) is 22.6. The summed E-state index contributed by atoms with van der Waals surface area (Å²) in [5.74, 6) is -0.149. The first-order chi connectivity index (χ1) is 11.1. The maximum atomic E-state index is 11.7. The van der Waals surface area contributed by atoms with Gasteiger partial charge in [-0.1, -0.05) is 20.8 Å². The van der Waals surface area contributed by atoms with Gasteiger partial charge in [-0.15, -0.1) is 10.2 Å². The fourth-order valence-electron chi connectivity index (χ4n) is 1.87. The van der Waals surface area contributed by atoms with E-state index in [9.17, 15) is 9.59 Å². The monoisotopic (exact) mass is 327 g/mol. The van der Waals surface area contributed by atoms with E-state index in [1.54, 1.807) is 0 Å². The van der Waals surface area contributed by atoms with Gasteiger partial charge < -0.3 is 21.2 Å². The smallest absolute Gasteiger partial charge is 0.238 e. The van der Waals surface area contributed by atoms with E-state index in [1.165, 1.54) is 0 Å². The van der Waals surface area contributed by atoms with Gasteiger partial charge in [0.25, 0.3) is 0 Å². The first kappa shape index (κ1) is 21.0. The van der Waals surface area contributed by atoms with Crippen LogP contribution in [0, 0.1) is 0 Å². The van der Waals surface area contributed by atoms with Gasteiger partial charge in [-0.3, -0.25) is 9.59 Å². The third kappa shape index (κ3) is 8.92. The number of carbonyl (C=O) groups is 2. The number of hydrogen-bond acceptors (Lipinski definition) is 6. The van der Waals surface area contributed by atoms with Gasteiger partial charge in [0.1, 0.15) is 12.5 Å². The summed E-state index contributed by atoms with van der Waals surface area (Å²) in [5, 5.41) is 10.5. The highest BCUT2D eigenvalue weighted by atomic mass is 16.4. The van der Waals surface area contributed by atoms with Crippen LogP contribution in [-0.4, -0.2) is 28.6 Å². The minimum atomic E-state index is -0.542. The van der Waals surface area contributed by atoms with Crippen LogP contribution in [0.4, 0.5) is 0 Å². The number of amides is 2. The Morgan fingerprint density at radius 2 is 1.96 bits per heavy atom. The lowest BCUT2D eigenvalue weighted by atomic mass is 10.1. The van der Waals surface area contributed by atoms with Crippen LogP contribution in [-0.2, 0) is 16.0 Å². The van der Waals surface area contributed by atoms with Crippen molar-refractivity contribution in [1.29, 1.82) is 0 Å². The first-order valence-corrected chi connectivity index (χ1v) is 8.16. The van der Waals surface area contributed by atoms with Gasteiger partial charge in [0, 0.05) is 6.42 Å². The standard InChI is InChI=1S/C13H23N5O3.C2H6/c1-2-5-11(20)16-9(6-3-4-7-14)13-18-17-12(21-13)8-10(15)19;1-2/h9H,2-8,14H2,1H3,(H2,15,19)(H,16,20);1-2H3. The van der Waals surface area contributed by atoms with Crippen LogP contribution in [0.25, 0.3) is 0 Å². The molecule has 8 heteroatoms. The third-order valence-electron chi connectivity index (χ3n) is 2.87. The lowest BCUT2D eigenvalue weighted by Crippen LogP contribution is -2.28. The van der Waals surface area contributed by atoms with Gasteiger partial charge in [0.05, 0.1) is 0 Å². The fraction of sp³-hybridized carbons (Fsp3) is 0.733. The molecule has 0 radical (unpaired) electrons. The molecule has 1 heterocycles. The van der Waals surface area contributed by atoms with Crippen molar-refractivity contribution in [3.8, 4) is 0 Å². The molecule has 132 valence electrons. The maximum absolute atomic E-state index is 11.7. The summed E-state index contributed by atoms with van der Waals surface area (Å²) in [5.41, 5.74) is 10.5. The highest BCUT2D eigenvalue weighted by Gasteiger charge is 2.20. The number of hydrogen-bond donors (Lipinski definition) is 3. The average Bonchev–Trinajstić information content (AvgIpc) is 2.96. The molecule has 5 N–H and O–H groups in total. The molecule has 1 unspecified atom stereocenters. The lowest BCUT2D eigenvalue weighted by Gasteiger charge is -2.14. The van der Waals surface area contributed by atoms with Crippen LogP contribution in [0.3, 0.4) is 0 Å². The number of nitrogens with zero attached hydrogens (tertiary/aromatic N) is 2. The first-order valence-electron chi connectivity index (χ1n) is 8.16. The van der Waals surface area contributed by atoms with E-state index in [2.05, 4.69) is 15.5 Å². The molecule has 2 amide bonds. The molecule has 1 aromatic rings. The number of unbranched alkanes of at least 4 members (excludes halogenated alkanes) is 1. The van der Waals surface area contributed by atoms with Crippen molar-refractivity contribution in [2.24, 2.45) is 11.5 Å².